The van der Waals surface area contributed by atoms with Crippen LogP contribution < -0.4 is 0 Å². The van der Waals surface area contributed by atoms with Gasteiger partial charge in [0.15, 0.2) is 6.29 Å². The molecule has 0 saturated carbocycles. The number of ether oxygens (including phenoxy) is 4. The molecule has 0 unspecified atom stereocenters. The first kappa shape index (κ1) is 13.3. The Morgan fingerprint density at radius 1 is 1.32 bits per heavy atom. The summed E-state index contributed by atoms with van der Waals surface area (Å²) in [5.41, 5.74) is 0.971. The summed E-state index contributed by atoms with van der Waals surface area (Å²) in [5, 5.41) is 0.715. The van der Waals surface area contributed by atoms with Gasteiger partial charge in [0.25, 0.3) is 0 Å². The van der Waals surface area contributed by atoms with Gasteiger partial charge in [0.2, 0.25) is 0 Å². The van der Waals surface area contributed by atoms with Crippen LogP contribution in [0.3, 0.4) is 0 Å². The van der Waals surface area contributed by atoms with E-state index in [4.69, 9.17) is 30.5 Å². The third kappa shape index (κ3) is 2.78. The summed E-state index contributed by atoms with van der Waals surface area (Å²) in [4.78, 5) is 0. The van der Waals surface area contributed by atoms with Crippen molar-refractivity contribution >= 4 is 11.6 Å². The molecule has 4 nitrogen and oxygen atoms in total. The van der Waals surface area contributed by atoms with E-state index < -0.39 is 0 Å². The maximum atomic E-state index is 6.11. The lowest BCUT2D eigenvalue weighted by atomic mass is 10.0. The van der Waals surface area contributed by atoms with Gasteiger partial charge in [-0.3, -0.25) is 0 Å². The molecule has 2 aliphatic rings. The Bertz CT molecular complexity index is 439. The van der Waals surface area contributed by atoms with Gasteiger partial charge in [0.1, 0.15) is 12.2 Å². The summed E-state index contributed by atoms with van der Waals surface area (Å²) < 4.78 is 22.6. The van der Waals surface area contributed by atoms with E-state index in [1.165, 1.54) is 0 Å². The van der Waals surface area contributed by atoms with Crippen LogP contribution >= 0.6 is 11.6 Å². The van der Waals surface area contributed by atoms with E-state index in [-0.39, 0.29) is 24.6 Å². The van der Waals surface area contributed by atoms with Crippen molar-refractivity contribution in [2.45, 2.75) is 37.6 Å². The Morgan fingerprint density at radius 3 is 2.95 bits per heavy atom. The molecular formula is C14H17ClO4. The number of halogens is 1. The first-order chi connectivity index (χ1) is 9.28. The van der Waals surface area contributed by atoms with Crippen LogP contribution in [0.4, 0.5) is 0 Å². The van der Waals surface area contributed by atoms with Crippen molar-refractivity contribution in [3.63, 3.8) is 0 Å². The van der Waals surface area contributed by atoms with Crippen LogP contribution in [0.2, 0.25) is 5.02 Å². The molecule has 0 amide bonds. The van der Waals surface area contributed by atoms with Gasteiger partial charge in [0, 0.05) is 18.6 Å². The minimum absolute atomic E-state index is 0.0370. The maximum absolute atomic E-state index is 6.11. The highest BCUT2D eigenvalue weighted by Crippen LogP contribution is 2.31. The molecule has 4 atom stereocenters. The van der Waals surface area contributed by atoms with Gasteiger partial charge in [-0.15, -0.1) is 0 Å². The molecule has 2 fully saturated rings. The molecule has 19 heavy (non-hydrogen) atoms. The normalized spacial score (nSPS) is 33.6. The molecule has 0 aliphatic carbocycles. The Hall–Kier alpha value is -0.650. The summed E-state index contributed by atoms with van der Waals surface area (Å²) in [5.74, 6) is 0. The van der Waals surface area contributed by atoms with E-state index in [1.807, 2.05) is 24.3 Å². The first-order valence-corrected chi connectivity index (χ1v) is 6.80. The standard InChI is InChI=1S/C14H17ClO4/c1-16-11-6-12(14-18-8-13(11)19-14)17-7-9-4-2-3-5-10(9)15/h2-5,11-14H,6-8H2,1H3/t11-,12+,13+,14+/m0/s1. The molecule has 0 spiro atoms. The molecule has 0 aromatic heterocycles. The van der Waals surface area contributed by atoms with Crippen molar-refractivity contribution in [3.8, 4) is 0 Å². The lowest BCUT2D eigenvalue weighted by molar-refractivity contribution is -0.205. The monoisotopic (exact) mass is 284 g/mol. The van der Waals surface area contributed by atoms with Gasteiger partial charge >= 0.3 is 0 Å². The molecule has 3 rings (SSSR count). The molecule has 0 radical (unpaired) electrons. The summed E-state index contributed by atoms with van der Waals surface area (Å²) in [6, 6.07) is 7.67. The zero-order valence-corrected chi connectivity index (χ0v) is 11.5. The number of hydrogen-bond donors (Lipinski definition) is 0. The molecule has 2 saturated heterocycles. The van der Waals surface area contributed by atoms with Gasteiger partial charge in [-0.2, -0.15) is 0 Å². The minimum atomic E-state index is -0.279. The van der Waals surface area contributed by atoms with Crippen LogP contribution in [0.1, 0.15) is 12.0 Å². The highest BCUT2D eigenvalue weighted by Gasteiger charge is 2.44. The lowest BCUT2D eigenvalue weighted by Gasteiger charge is -2.32. The Labute approximate surface area is 117 Å². The molecular weight excluding hydrogens is 268 g/mol. The molecule has 2 heterocycles. The van der Waals surface area contributed by atoms with E-state index in [9.17, 15) is 0 Å². The highest BCUT2D eigenvalue weighted by atomic mass is 35.5. The second-order valence-electron chi connectivity index (χ2n) is 4.83. The topological polar surface area (TPSA) is 36.9 Å². The SMILES string of the molecule is CO[C@H]1C[C@@H](OCc2ccccc2Cl)[C@@H]2OC[C@H]1O2. The fourth-order valence-corrected chi connectivity index (χ4v) is 2.72. The van der Waals surface area contributed by atoms with Crippen LogP contribution in [0.15, 0.2) is 24.3 Å². The van der Waals surface area contributed by atoms with Crippen molar-refractivity contribution in [1.29, 1.82) is 0 Å². The predicted octanol–water partition coefficient (Wildman–Crippen LogP) is 2.39. The average molecular weight is 285 g/mol. The molecule has 2 aliphatic heterocycles. The minimum Gasteiger partial charge on any atom is -0.379 e. The van der Waals surface area contributed by atoms with Crippen molar-refractivity contribution in [3.05, 3.63) is 34.9 Å². The van der Waals surface area contributed by atoms with Crippen LogP contribution in [-0.2, 0) is 25.6 Å². The van der Waals surface area contributed by atoms with E-state index in [0.29, 0.717) is 18.2 Å². The Balaban J connectivity index is 1.62. The number of rotatable bonds is 4. The second-order valence-corrected chi connectivity index (χ2v) is 5.23. The Kier molecular flexibility index (Phi) is 4.05. The quantitative estimate of drug-likeness (QED) is 0.851. The summed E-state index contributed by atoms with van der Waals surface area (Å²) >= 11 is 6.11. The van der Waals surface area contributed by atoms with E-state index in [0.717, 1.165) is 12.0 Å². The van der Waals surface area contributed by atoms with Crippen molar-refractivity contribution in [2.75, 3.05) is 13.7 Å². The highest BCUT2D eigenvalue weighted by molar-refractivity contribution is 6.31. The number of hydrogen-bond acceptors (Lipinski definition) is 4. The number of benzene rings is 1. The predicted molar refractivity (Wildman–Crippen MR) is 70.1 cm³/mol. The fourth-order valence-electron chi connectivity index (χ4n) is 2.53. The maximum Gasteiger partial charge on any atom is 0.184 e. The van der Waals surface area contributed by atoms with Crippen molar-refractivity contribution in [1.82, 2.24) is 0 Å². The number of fused-ring (bicyclic) bond motifs is 2. The fraction of sp³-hybridized carbons (Fsp3) is 0.571. The molecule has 104 valence electrons. The zero-order valence-electron chi connectivity index (χ0n) is 10.8. The first-order valence-electron chi connectivity index (χ1n) is 6.43. The van der Waals surface area contributed by atoms with Gasteiger partial charge in [-0.25, -0.2) is 0 Å². The van der Waals surface area contributed by atoms with Gasteiger partial charge in [-0.1, -0.05) is 29.8 Å². The third-order valence-corrected chi connectivity index (χ3v) is 4.00. The van der Waals surface area contributed by atoms with Gasteiger partial charge < -0.3 is 18.9 Å². The summed E-state index contributed by atoms with van der Waals surface area (Å²) in [6.07, 6.45) is 0.472. The largest absolute Gasteiger partial charge is 0.379 e. The van der Waals surface area contributed by atoms with Crippen molar-refractivity contribution < 1.29 is 18.9 Å². The van der Waals surface area contributed by atoms with Crippen LogP contribution in [0.5, 0.6) is 0 Å². The summed E-state index contributed by atoms with van der Waals surface area (Å²) in [6.45, 7) is 1.03. The third-order valence-electron chi connectivity index (χ3n) is 3.63. The second kappa shape index (κ2) is 5.77. The number of methoxy groups -OCH3 is 1. The smallest absolute Gasteiger partial charge is 0.184 e. The van der Waals surface area contributed by atoms with Crippen LogP contribution in [-0.4, -0.2) is 38.3 Å². The molecule has 1 aromatic carbocycles. The van der Waals surface area contributed by atoms with Crippen LogP contribution in [0, 0.1) is 0 Å². The average Bonchev–Trinajstić information content (AvgIpc) is 2.85. The van der Waals surface area contributed by atoms with E-state index in [2.05, 4.69) is 0 Å². The van der Waals surface area contributed by atoms with E-state index in [1.54, 1.807) is 7.11 Å². The van der Waals surface area contributed by atoms with Gasteiger partial charge in [-0.05, 0) is 11.6 Å². The molecule has 1 aromatic rings. The molecule has 2 bridgehead atoms. The van der Waals surface area contributed by atoms with Gasteiger partial charge in [0.05, 0.1) is 19.3 Å². The summed E-state index contributed by atoms with van der Waals surface area (Å²) in [7, 11) is 1.69. The van der Waals surface area contributed by atoms with Crippen LogP contribution in [0.25, 0.3) is 0 Å². The molecule has 0 N–H and O–H groups in total. The Morgan fingerprint density at radius 2 is 2.16 bits per heavy atom. The zero-order chi connectivity index (χ0) is 13.2. The van der Waals surface area contributed by atoms with Crippen molar-refractivity contribution in [2.24, 2.45) is 0 Å². The lowest BCUT2D eigenvalue weighted by Crippen LogP contribution is -2.44. The van der Waals surface area contributed by atoms with E-state index >= 15 is 0 Å². The molecule has 5 heteroatoms.